The highest BCUT2D eigenvalue weighted by Crippen LogP contribution is 2.01. The van der Waals surface area contributed by atoms with Gasteiger partial charge in [0.2, 0.25) is 5.91 Å². The molecule has 0 saturated heterocycles. The number of carbonyl (C=O) groups is 2. The van der Waals surface area contributed by atoms with Gasteiger partial charge in [-0.15, -0.1) is 0 Å². The quantitative estimate of drug-likeness (QED) is 0.499. The molecule has 0 rings (SSSR count). The molecule has 4 heteroatoms. The second-order valence-corrected chi connectivity index (χ2v) is 4.56. The van der Waals surface area contributed by atoms with E-state index in [4.69, 9.17) is 4.74 Å². The predicted molar refractivity (Wildman–Crippen MR) is 67.6 cm³/mol. The van der Waals surface area contributed by atoms with Gasteiger partial charge in [0.05, 0.1) is 6.61 Å². The number of hydrogen-bond acceptors (Lipinski definition) is 3. The van der Waals surface area contributed by atoms with Crippen molar-refractivity contribution in [3.05, 3.63) is 0 Å². The molecule has 0 bridgehead atoms. The SMILES string of the molecule is CCOC(=O)CCCCCNC(=O)CC(C)C. The van der Waals surface area contributed by atoms with Crippen LogP contribution in [0.3, 0.4) is 0 Å². The third-order valence-corrected chi connectivity index (χ3v) is 2.28. The zero-order valence-electron chi connectivity index (χ0n) is 11.3. The predicted octanol–water partition coefficient (Wildman–Crippen LogP) is 2.27. The molecule has 4 nitrogen and oxygen atoms in total. The van der Waals surface area contributed by atoms with Crippen LogP contribution in [0.5, 0.6) is 0 Å². The Bertz CT molecular complexity index is 227. The molecule has 1 amide bonds. The molecule has 0 aliphatic rings. The van der Waals surface area contributed by atoms with Gasteiger partial charge in [-0.3, -0.25) is 9.59 Å². The van der Waals surface area contributed by atoms with Gasteiger partial charge >= 0.3 is 5.97 Å². The minimum Gasteiger partial charge on any atom is -0.466 e. The molecule has 0 aromatic rings. The number of rotatable bonds is 9. The van der Waals surface area contributed by atoms with E-state index in [-0.39, 0.29) is 11.9 Å². The van der Waals surface area contributed by atoms with Gasteiger partial charge in [0.1, 0.15) is 0 Å². The first-order chi connectivity index (χ1) is 8.06. The fourth-order valence-corrected chi connectivity index (χ4v) is 1.48. The monoisotopic (exact) mass is 243 g/mol. The van der Waals surface area contributed by atoms with Crippen molar-refractivity contribution in [2.45, 2.75) is 52.9 Å². The maximum atomic E-state index is 11.3. The highest BCUT2D eigenvalue weighted by Gasteiger charge is 2.04. The number of amides is 1. The van der Waals surface area contributed by atoms with E-state index in [1.807, 2.05) is 20.8 Å². The summed E-state index contributed by atoms with van der Waals surface area (Å²) < 4.78 is 4.82. The molecule has 0 aliphatic heterocycles. The van der Waals surface area contributed by atoms with Gasteiger partial charge in [-0.1, -0.05) is 20.3 Å². The molecule has 0 atom stereocenters. The van der Waals surface area contributed by atoms with Crippen LogP contribution in [-0.4, -0.2) is 25.0 Å². The second kappa shape index (κ2) is 10.1. The summed E-state index contributed by atoms with van der Waals surface area (Å²) in [5, 5.41) is 2.87. The van der Waals surface area contributed by atoms with Crippen molar-refractivity contribution in [1.82, 2.24) is 5.32 Å². The first-order valence-electron chi connectivity index (χ1n) is 6.48. The number of carbonyl (C=O) groups excluding carboxylic acids is 2. The van der Waals surface area contributed by atoms with Crippen LogP contribution < -0.4 is 5.32 Å². The number of unbranched alkanes of at least 4 members (excludes halogenated alkanes) is 2. The maximum absolute atomic E-state index is 11.3. The summed E-state index contributed by atoms with van der Waals surface area (Å²) in [6.07, 6.45) is 3.76. The van der Waals surface area contributed by atoms with Crippen LogP contribution in [0.4, 0.5) is 0 Å². The fraction of sp³-hybridized carbons (Fsp3) is 0.846. The first-order valence-corrected chi connectivity index (χ1v) is 6.48. The Morgan fingerprint density at radius 2 is 1.88 bits per heavy atom. The Balaban J connectivity index is 3.29. The maximum Gasteiger partial charge on any atom is 0.305 e. The zero-order valence-corrected chi connectivity index (χ0v) is 11.3. The Morgan fingerprint density at radius 3 is 2.47 bits per heavy atom. The highest BCUT2D eigenvalue weighted by molar-refractivity contribution is 5.75. The molecule has 0 fully saturated rings. The standard InChI is InChI=1S/C13H25NO3/c1-4-17-13(16)8-6-5-7-9-14-12(15)10-11(2)3/h11H,4-10H2,1-3H3,(H,14,15). The van der Waals surface area contributed by atoms with E-state index in [1.54, 1.807) is 0 Å². The molecule has 0 aromatic carbocycles. The molecule has 0 unspecified atom stereocenters. The highest BCUT2D eigenvalue weighted by atomic mass is 16.5. The Hall–Kier alpha value is -1.06. The van der Waals surface area contributed by atoms with Crippen molar-refractivity contribution >= 4 is 11.9 Å². The average Bonchev–Trinajstić information content (AvgIpc) is 2.22. The number of esters is 1. The van der Waals surface area contributed by atoms with Crippen molar-refractivity contribution < 1.29 is 14.3 Å². The van der Waals surface area contributed by atoms with Gasteiger partial charge in [0.25, 0.3) is 0 Å². The lowest BCUT2D eigenvalue weighted by Gasteiger charge is -2.06. The molecule has 0 radical (unpaired) electrons. The van der Waals surface area contributed by atoms with Gasteiger partial charge in [-0.05, 0) is 25.7 Å². The van der Waals surface area contributed by atoms with Gasteiger partial charge in [-0.2, -0.15) is 0 Å². The van der Waals surface area contributed by atoms with Crippen LogP contribution in [0.1, 0.15) is 52.9 Å². The number of nitrogens with one attached hydrogen (secondary N) is 1. The van der Waals surface area contributed by atoms with Crippen LogP contribution in [-0.2, 0) is 14.3 Å². The number of hydrogen-bond donors (Lipinski definition) is 1. The molecule has 17 heavy (non-hydrogen) atoms. The minimum atomic E-state index is -0.128. The summed E-state index contributed by atoms with van der Waals surface area (Å²) >= 11 is 0. The van der Waals surface area contributed by atoms with Crippen LogP contribution in [0.25, 0.3) is 0 Å². The molecular weight excluding hydrogens is 218 g/mol. The molecular formula is C13H25NO3. The molecule has 0 heterocycles. The normalized spacial score (nSPS) is 10.4. The lowest BCUT2D eigenvalue weighted by molar-refractivity contribution is -0.143. The van der Waals surface area contributed by atoms with Gasteiger partial charge in [-0.25, -0.2) is 0 Å². The van der Waals surface area contributed by atoms with E-state index in [9.17, 15) is 9.59 Å². The second-order valence-electron chi connectivity index (χ2n) is 4.56. The van der Waals surface area contributed by atoms with E-state index in [0.29, 0.717) is 31.9 Å². The summed E-state index contributed by atoms with van der Waals surface area (Å²) in [6, 6.07) is 0. The molecule has 0 saturated carbocycles. The Kier molecular flexibility index (Phi) is 9.49. The average molecular weight is 243 g/mol. The van der Waals surface area contributed by atoms with E-state index in [1.165, 1.54) is 0 Å². The lowest BCUT2D eigenvalue weighted by atomic mass is 10.1. The molecule has 100 valence electrons. The molecule has 1 N–H and O–H groups in total. The molecule has 0 aliphatic carbocycles. The zero-order chi connectivity index (χ0) is 13.1. The first kappa shape index (κ1) is 15.9. The third kappa shape index (κ3) is 11.2. The van der Waals surface area contributed by atoms with Crippen LogP contribution in [0.2, 0.25) is 0 Å². The van der Waals surface area contributed by atoms with E-state index < -0.39 is 0 Å². The van der Waals surface area contributed by atoms with Crippen LogP contribution >= 0.6 is 0 Å². The smallest absolute Gasteiger partial charge is 0.305 e. The fourth-order valence-electron chi connectivity index (χ4n) is 1.48. The summed E-state index contributed by atoms with van der Waals surface area (Å²) in [7, 11) is 0. The topological polar surface area (TPSA) is 55.4 Å². The summed E-state index contributed by atoms with van der Waals surface area (Å²) in [5.74, 6) is 0.389. The van der Waals surface area contributed by atoms with E-state index >= 15 is 0 Å². The molecule has 0 aromatic heterocycles. The van der Waals surface area contributed by atoms with Crippen molar-refractivity contribution in [2.24, 2.45) is 5.92 Å². The Labute approximate surface area is 104 Å². The number of ether oxygens (including phenoxy) is 1. The minimum absolute atomic E-state index is 0.116. The third-order valence-electron chi connectivity index (χ3n) is 2.28. The van der Waals surface area contributed by atoms with Crippen LogP contribution in [0, 0.1) is 5.92 Å². The van der Waals surface area contributed by atoms with Crippen molar-refractivity contribution in [1.29, 1.82) is 0 Å². The van der Waals surface area contributed by atoms with Gasteiger partial charge in [0.15, 0.2) is 0 Å². The van der Waals surface area contributed by atoms with Crippen molar-refractivity contribution in [3.8, 4) is 0 Å². The summed E-state index contributed by atoms with van der Waals surface area (Å²) in [6.45, 7) is 7.01. The summed E-state index contributed by atoms with van der Waals surface area (Å²) in [4.78, 5) is 22.3. The van der Waals surface area contributed by atoms with Gasteiger partial charge < -0.3 is 10.1 Å². The Morgan fingerprint density at radius 1 is 1.18 bits per heavy atom. The summed E-state index contributed by atoms with van der Waals surface area (Å²) in [5.41, 5.74) is 0. The van der Waals surface area contributed by atoms with E-state index in [0.717, 1.165) is 19.3 Å². The largest absolute Gasteiger partial charge is 0.466 e. The van der Waals surface area contributed by atoms with Crippen LogP contribution in [0.15, 0.2) is 0 Å². The van der Waals surface area contributed by atoms with Gasteiger partial charge in [0, 0.05) is 19.4 Å². The molecule has 0 spiro atoms. The van der Waals surface area contributed by atoms with Crippen molar-refractivity contribution in [2.75, 3.05) is 13.2 Å². The lowest BCUT2D eigenvalue weighted by Crippen LogP contribution is -2.25. The van der Waals surface area contributed by atoms with E-state index in [2.05, 4.69) is 5.32 Å². The van der Waals surface area contributed by atoms with Crippen molar-refractivity contribution in [3.63, 3.8) is 0 Å².